The molecule has 0 aliphatic heterocycles. The van der Waals surface area contributed by atoms with E-state index in [2.05, 4.69) is 150 Å². The molecular weight excluding hydrogens is 1020 g/mol. The van der Waals surface area contributed by atoms with Crippen molar-refractivity contribution in [2.45, 2.75) is 32.5 Å². The number of nitrogens with zero attached hydrogens (tertiary/aromatic N) is 4. The average Bonchev–Trinajstić information content (AvgIpc) is 3.68. The number of para-hydroxylation sites is 2. The summed E-state index contributed by atoms with van der Waals surface area (Å²) in [7, 11) is 4.19. The number of rotatable bonds is 6. The summed E-state index contributed by atoms with van der Waals surface area (Å²) in [6.07, 6.45) is 3.24. The first-order valence-electron chi connectivity index (χ1n) is 18.5. The van der Waals surface area contributed by atoms with E-state index in [4.69, 9.17) is 0 Å². The van der Waals surface area contributed by atoms with Crippen LogP contribution in [-0.4, -0.2) is 41.5 Å². The number of aliphatic hydroxyl groups excluding tert-OH is 2. The van der Waals surface area contributed by atoms with Crippen LogP contribution < -0.4 is 0 Å². The molecule has 2 unspecified atom stereocenters. The van der Waals surface area contributed by atoms with E-state index in [-0.39, 0.29) is 26.0 Å². The van der Waals surface area contributed by atoms with Gasteiger partial charge in [0, 0.05) is 72.5 Å². The summed E-state index contributed by atoms with van der Waals surface area (Å²) in [5.41, 5.74) is 9.97. The van der Waals surface area contributed by atoms with Gasteiger partial charge in [0.1, 0.15) is 0 Å². The third-order valence-corrected chi connectivity index (χ3v) is 11.5. The van der Waals surface area contributed by atoms with Crippen molar-refractivity contribution < 1.29 is 30.3 Å². The quantitative estimate of drug-likeness (QED) is 0.163. The Kier molecular flexibility index (Phi) is 13.9. The van der Waals surface area contributed by atoms with Crippen LogP contribution in [0.5, 0.6) is 0 Å². The minimum absolute atomic E-state index is 0. The first-order valence-corrected chi connectivity index (χ1v) is 20.1. The summed E-state index contributed by atoms with van der Waals surface area (Å²) >= 11 is 6.89. The summed E-state index contributed by atoms with van der Waals surface area (Å²) in [6.45, 7) is 3.42. The molecule has 6 nitrogen and oxygen atoms in total. The Morgan fingerprint density at radius 3 is 1.47 bits per heavy atom. The van der Waals surface area contributed by atoms with Crippen molar-refractivity contribution in [3.8, 4) is 22.5 Å². The fraction of sp³-hybridized carbons (Fsp3) is 0.167. The van der Waals surface area contributed by atoms with Crippen molar-refractivity contribution in [1.29, 1.82) is 0 Å². The van der Waals surface area contributed by atoms with E-state index < -0.39 is 12.2 Å². The molecule has 2 atom stereocenters. The summed E-state index contributed by atoms with van der Waals surface area (Å²) < 4.78 is 6.43. The maximum absolute atomic E-state index is 9.62. The number of hydrogen-bond donors (Lipinski definition) is 2. The molecule has 9 rings (SSSR count). The van der Waals surface area contributed by atoms with Crippen LogP contribution in [0.25, 0.3) is 66.1 Å². The first kappa shape index (κ1) is 42.1. The van der Waals surface area contributed by atoms with Crippen LogP contribution in [0.4, 0.5) is 0 Å². The third-order valence-electron chi connectivity index (χ3n) is 10.3. The van der Waals surface area contributed by atoms with Crippen LogP contribution in [-0.2, 0) is 40.6 Å². The molecule has 1 radical (unpaired) electrons. The predicted molar refractivity (Wildman–Crippen MR) is 237 cm³/mol. The second kappa shape index (κ2) is 18.9. The standard InChI is InChI=1S/2C18H13N2.C12H16Br2O2.Ir/c2*1-20-17-8-3-2-6-14(17)15-12-13(9-10-18(15)20)16-7-4-5-11-19-16;1-7(15)11(8(2)16)6-9-5-10(13)3-4-12(9)14;/h2*2-8,10-12H,1H3;3-5,7-8,11,15-16H,6H2,1-2H3;/q2*-1;;. The van der Waals surface area contributed by atoms with Crippen LogP contribution in [0, 0.1) is 18.1 Å². The smallest absolute Gasteiger partial charge is 0.0568 e. The maximum atomic E-state index is 9.62. The SMILES string of the molecule is CC(O)C(Cc1cc(Br)ccc1Br)C(C)O.Cn1c2c[c-]c(-c3ccccn3)cc2c2ccccc21.Cn1c2c[c-]c(-c3ccccn3)cc2c2ccccc21.[Ir]. The van der Waals surface area contributed by atoms with Gasteiger partial charge in [-0.05, 0) is 101 Å². The Morgan fingerprint density at radius 2 is 1.04 bits per heavy atom. The van der Waals surface area contributed by atoms with Crippen molar-refractivity contribution in [3.63, 3.8) is 0 Å². The number of aryl methyl sites for hydroxylation is 2. The van der Waals surface area contributed by atoms with E-state index in [9.17, 15) is 10.2 Å². The van der Waals surface area contributed by atoms with Gasteiger partial charge in [-0.25, -0.2) is 0 Å². The molecule has 0 saturated carbocycles. The molecule has 0 aliphatic carbocycles. The van der Waals surface area contributed by atoms with Gasteiger partial charge in [-0.3, -0.25) is 0 Å². The van der Waals surface area contributed by atoms with Crippen LogP contribution in [0.1, 0.15) is 19.4 Å². The maximum Gasteiger partial charge on any atom is 0.0568 e. The number of hydrogen-bond acceptors (Lipinski definition) is 4. The van der Waals surface area contributed by atoms with E-state index in [1.807, 2.05) is 67.0 Å². The van der Waals surface area contributed by atoms with E-state index in [0.29, 0.717) is 6.42 Å². The number of aliphatic hydroxyl groups is 2. The number of aromatic nitrogens is 4. The summed E-state index contributed by atoms with van der Waals surface area (Å²) in [5.74, 6) is -0.148. The molecule has 291 valence electrons. The van der Waals surface area contributed by atoms with Gasteiger partial charge in [0.2, 0.25) is 0 Å². The molecule has 0 fully saturated rings. The van der Waals surface area contributed by atoms with Gasteiger partial charge in [-0.15, -0.1) is 47.5 Å². The second-order valence-electron chi connectivity index (χ2n) is 14.0. The zero-order valence-electron chi connectivity index (χ0n) is 32.0. The average molecular weight is 1060 g/mol. The Labute approximate surface area is 363 Å². The Balaban J connectivity index is 0.000000145. The first-order chi connectivity index (χ1) is 27.1. The summed E-state index contributed by atoms with van der Waals surface area (Å²) in [4.78, 5) is 8.81. The monoisotopic (exact) mass is 1060 g/mol. The van der Waals surface area contributed by atoms with Gasteiger partial charge >= 0.3 is 0 Å². The molecule has 9 aromatic rings. The van der Waals surface area contributed by atoms with Crippen molar-refractivity contribution in [3.05, 3.63) is 166 Å². The van der Waals surface area contributed by atoms with E-state index in [0.717, 1.165) is 37.0 Å². The molecule has 2 N–H and O–H groups in total. The molecule has 5 aromatic carbocycles. The molecular formula is C48H42Br2IrN4O2-2. The van der Waals surface area contributed by atoms with E-state index >= 15 is 0 Å². The van der Waals surface area contributed by atoms with Crippen molar-refractivity contribution >= 4 is 75.5 Å². The Hall–Kier alpha value is -4.47. The van der Waals surface area contributed by atoms with Crippen molar-refractivity contribution in [2.75, 3.05) is 0 Å². The third kappa shape index (κ3) is 9.31. The topological polar surface area (TPSA) is 76.1 Å². The largest absolute Gasteiger partial charge is 0.393 e. The van der Waals surface area contributed by atoms with E-state index in [1.165, 1.54) is 43.6 Å². The molecule has 57 heavy (non-hydrogen) atoms. The van der Waals surface area contributed by atoms with Gasteiger partial charge in [-0.1, -0.05) is 103 Å². The van der Waals surface area contributed by atoms with Gasteiger partial charge < -0.3 is 29.3 Å². The Bertz CT molecular complexity index is 2580. The minimum atomic E-state index is -0.522. The summed E-state index contributed by atoms with van der Waals surface area (Å²) in [6, 6.07) is 49.9. The number of halogens is 2. The predicted octanol–water partition coefficient (Wildman–Crippen LogP) is 11.5. The normalized spacial score (nSPS) is 12.6. The molecule has 0 amide bonds. The number of fused-ring (bicyclic) bond motifs is 6. The van der Waals surface area contributed by atoms with Gasteiger partial charge in [-0.2, -0.15) is 0 Å². The van der Waals surface area contributed by atoms with Gasteiger partial charge in [0.25, 0.3) is 0 Å². The fourth-order valence-electron chi connectivity index (χ4n) is 7.24. The van der Waals surface area contributed by atoms with E-state index in [1.54, 1.807) is 13.8 Å². The van der Waals surface area contributed by atoms with Crippen LogP contribution in [0.2, 0.25) is 0 Å². The molecule has 0 bridgehead atoms. The zero-order valence-corrected chi connectivity index (χ0v) is 37.6. The minimum Gasteiger partial charge on any atom is -0.393 e. The molecule has 4 heterocycles. The molecule has 0 aliphatic rings. The van der Waals surface area contributed by atoms with Crippen molar-refractivity contribution in [1.82, 2.24) is 19.1 Å². The van der Waals surface area contributed by atoms with Gasteiger partial charge in [0.15, 0.2) is 0 Å². The second-order valence-corrected chi connectivity index (χ2v) is 15.7. The van der Waals surface area contributed by atoms with Gasteiger partial charge in [0.05, 0.1) is 12.2 Å². The summed E-state index contributed by atoms with van der Waals surface area (Å²) in [5, 5.41) is 24.3. The number of pyridine rings is 2. The van der Waals surface area contributed by atoms with Crippen LogP contribution in [0.15, 0.2) is 149 Å². The molecule has 0 saturated heterocycles. The van der Waals surface area contributed by atoms with Crippen LogP contribution in [0.3, 0.4) is 0 Å². The molecule has 0 spiro atoms. The Morgan fingerprint density at radius 1 is 0.579 bits per heavy atom. The fourth-order valence-corrected chi connectivity index (χ4v) is 8.06. The zero-order chi connectivity index (χ0) is 39.3. The van der Waals surface area contributed by atoms with Crippen molar-refractivity contribution in [2.24, 2.45) is 20.0 Å². The van der Waals surface area contributed by atoms with Crippen LogP contribution >= 0.6 is 31.9 Å². The molecule has 4 aromatic heterocycles. The molecule has 9 heteroatoms. The number of benzene rings is 5.